The first kappa shape index (κ1) is 11.0. The number of benzene rings is 1. The van der Waals surface area contributed by atoms with Crippen molar-refractivity contribution in [1.82, 2.24) is 9.78 Å². The monoisotopic (exact) mass is 235 g/mol. The Morgan fingerprint density at radius 2 is 1.94 bits per heavy atom. The molecule has 2 aromatic rings. The van der Waals surface area contributed by atoms with E-state index in [2.05, 4.69) is 12.0 Å². The Morgan fingerprint density at radius 3 is 2.50 bits per heavy atom. The van der Waals surface area contributed by atoms with E-state index in [0.717, 1.165) is 17.1 Å². The minimum atomic E-state index is 0.558. The highest BCUT2D eigenvalue weighted by Crippen LogP contribution is 2.27. The molecule has 0 radical (unpaired) electrons. The third-order valence-corrected chi connectivity index (χ3v) is 3.24. The molecule has 2 rings (SSSR count). The quantitative estimate of drug-likeness (QED) is 0.773. The Bertz CT molecular complexity index is 543. The molecule has 0 fully saturated rings. The van der Waals surface area contributed by atoms with E-state index in [1.807, 2.05) is 30.7 Å². The average molecular weight is 236 g/mol. The molecular weight excluding hydrogens is 222 g/mol. The van der Waals surface area contributed by atoms with Gasteiger partial charge in [-0.05, 0) is 38.5 Å². The number of nitrogens with two attached hydrogens (primary N) is 1. The number of hydrogen-bond donors (Lipinski definition) is 1. The van der Waals surface area contributed by atoms with Crippen LogP contribution in [0, 0.1) is 20.8 Å². The molecule has 16 heavy (non-hydrogen) atoms. The number of anilines is 1. The lowest BCUT2D eigenvalue weighted by atomic mass is 10.2. The molecule has 2 N–H and O–H groups in total. The maximum Gasteiger partial charge on any atom is 0.0893 e. The van der Waals surface area contributed by atoms with Gasteiger partial charge in [0.05, 0.1) is 22.1 Å². The zero-order valence-corrected chi connectivity index (χ0v) is 10.3. The largest absolute Gasteiger partial charge is 0.396 e. The van der Waals surface area contributed by atoms with Gasteiger partial charge in [0.15, 0.2) is 0 Å². The van der Waals surface area contributed by atoms with Crippen molar-refractivity contribution in [3.05, 3.63) is 40.2 Å². The van der Waals surface area contributed by atoms with Crippen LogP contribution in [0.2, 0.25) is 5.02 Å². The van der Waals surface area contributed by atoms with Crippen LogP contribution in [0.1, 0.15) is 17.0 Å². The second-order valence-corrected chi connectivity index (χ2v) is 4.29. The molecule has 84 valence electrons. The van der Waals surface area contributed by atoms with Crippen LogP contribution in [-0.4, -0.2) is 9.78 Å². The third-order valence-electron chi connectivity index (χ3n) is 2.91. The lowest BCUT2D eigenvalue weighted by Gasteiger charge is -2.09. The molecule has 0 unspecified atom stereocenters. The molecule has 3 nitrogen and oxygen atoms in total. The first-order valence-electron chi connectivity index (χ1n) is 5.09. The summed E-state index contributed by atoms with van der Waals surface area (Å²) in [6.07, 6.45) is 0. The highest BCUT2D eigenvalue weighted by molar-refractivity contribution is 6.33. The Balaban J connectivity index is 2.68. The van der Waals surface area contributed by atoms with Gasteiger partial charge in [-0.15, -0.1) is 0 Å². The molecule has 0 aliphatic heterocycles. The van der Waals surface area contributed by atoms with Crippen LogP contribution in [-0.2, 0) is 0 Å². The molecule has 0 saturated carbocycles. The summed E-state index contributed by atoms with van der Waals surface area (Å²) in [5.74, 6) is 0. The molecule has 4 heteroatoms. The smallest absolute Gasteiger partial charge is 0.0893 e. The van der Waals surface area contributed by atoms with Gasteiger partial charge in [0.25, 0.3) is 0 Å². The van der Waals surface area contributed by atoms with Crippen LogP contribution in [0.4, 0.5) is 5.69 Å². The van der Waals surface area contributed by atoms with E-state index in [-0.39, 0.29) is 0 Å². The second-order valence-electron chi connectivity index (χ2n) is 3.88. The third kappa shape index (κ3) is 1.57. The summed E-state index contributed by atoms with van der Waals surface area (Å²) in [5, 5.41) is 5.02. The van der Waals surface area contributed by atoms with E-state index >= 15 is 0 Å². The standard InChI is InChI=1S/C12H14ClN3/c1-7-8(2)15-16(9(7)3)11-6-4-5-10(13)12(11)14/h4-6H,14H2,1-3H3. The Labute approximate surface area is 99.8 Å². The molecule has 1 aromatic carbocycles. The molecule has 0 bridgehead atoms. The number of para-hydroxylation sites is 1. The minimum Gasteiger partial charge on any atom is -0.396 e. The fourth-order valence-corrected chi connectivity index (χ4v) is 1.84. The van der Waals surface area contributed by atoms with Crippen molar-refractivity contribution in [2.24, 2.45) is 0 Å². The van der Waals surface area contributed by atoms with Gasteiger partial charge >= 0.3 is 0 Å². The Morgan fingerprint density at radius 1 is 1.25 bits per heavy atom. The van der Waals surface area contributed by atoms with Crippen molar-refractivity contribution in [1.29, 1.82) is 0 Å². The predicted molar refractivity (Wildman–Crippen MR) is 67.2 cm³/mol. The molecule has 0 saturated heterocycles. The zero-order valence-electron chi connectivity index (χ0n) is 9.58. The predicted octanol–water partition coefficient (Wildman–Crippen LogP) is 3.03. The topological polar surface area (TPSA) is 43.8 Å². The van der Waals surface area contributed by atoms with E-state index in [9.17, 15) is 0 Å². The van der Waals surface area contributed by atoms with Gasteiger partial charge in [-0.2, -0.15) is 5.10 Å². The average Bonchev–Trinajstić information content (AvgIpc) is 2.50. The van der Waals surface area contributed by atoms with Gasteiger partial charge in [0.1, 0.15) is 0 Å². The van der Waals surface area contributed by atoms with Crippen LogP contribution in [0.15, 0.2) is 18.2 Å². The van der Waals surface area contributed by atoms with Crippen molar-refractivity contribution in [2.75, 3.05) is 5.73 Å². The Hall–Kier alpha value is -1.48. The maximum absolute atomic E-state index is 6.00. The fraction of sp³-hybridized carbons (Fsp3) is 0.250. The van der Waals surface area contributed by atoms with Gasteiger partial charge in [0.2, 0.25) is 0 Å². The van der Waals surface area contributed by atoms with E-state index < -0.39 is 0 Å². The van der Waals surface area contributed by atoms with Gasteiger partial charge < -0.3 is 5.73 Å². The van der Waals surface area contributed by atoms with Crippen LogP contribution >= 0.6 is 11.6 Å². The van der Waals surface area contributed by atoms with E-state index in [1.165, 1.54) is 5.56 Å². The normalized spacial score (nSPS) is 10.8. The van der Waals surface area contributed by atoms with Crippen molar-refractivity contribution in [3.8, 4) is 5.69 Å². The number of aromatic nitrogens is 2. The molecule has 0 amide bonds. The second kappa shape index (κ2) is 3.83. The van der Waals surface area contributed by atoms with E-state index in [0.29, 0.717) is 10.7 Å². The van der Waals surface area contributed by atoms with Gasteiger partial charge in [-0.1, -0.05) is 17.7 Å². The van der Waals surface area contributed by atoms with Gasteiger partial charge in [0, 0.05) is 5.69 Å². The molecular formula is C12H14ClN3. The molecule has 0 aliphatic rings. The summed E-state index contributed by atoms with van der Waals surface area (Å²) >= 11 is 6.00. The summed E-state index contributed by atoms with van der Waals surface area (Å²) in [7, 11) is 0. The molecule has 0 aliphatic carbocycles. The molecule has 1 aromatic heterocycles. The van der Waals surface area contributed by atoms with Crippen LogP contribution in [0.5, 0.6) is 0 Å². The minimum absolute atomic E-state index is 0.558. The fourth-order valence-electron chi connectivity index (χ4n) is 1.67. The van der Waals surface area contributed by atoms with Gasteiger partial charge in [-0.3, -0.25) is 0 Å². The van der Waals surface area contributed by atoms with E-state index in [1.54, 1.807) is 6.07 Å². The Kier molecular flexibility index (Phi) is 2.64. The van der Waals surface area contributed by atoms with Crippen LogP contribution in [0.3, 0.4) is 0 Å². The first-order valence-corrected chi connectivity index (χ1v) is 5.47. The van der Waals surface area contributed by atoms with Crippen LogP contribution in [0.25, 0.3) is 5.69 Å². The maximum atomic E-state index is 6.00. The summed E-state index contributed by atoms with van der Waals surface area (Å²) in [6.45, 7) is 6.06. The lowest BCUT2D eigenvalue weighted by Crippen LogP contribution is -2.03. The summed E-state index contributed by atoms with van der Waals surface area (Å²) < 4.78 is 1.84. The summed E-state index contributed by atoms with van der Waals surface area (Å²) in [5.41, 5.74) is 10.6. The number of nitrogens with zero attached hydrogens (tertiary/aromatic N) is 2. The highest BCUT2D eigenvalue weighted by Gasteiger charge is 2.12. The number of nitrogen functional groups attached to an aromatic ring is 1. The van der Waals surface area contributed by atoms with Crippen molar-refractivity contribution >= 4 is 17.3 Å². The van der Waals surface area contributed by atoms with Crippen molar-refractivity contribution in [2.45, 2.75) is 20.8 Å². The molecule has 0 spiro atoms. The van der Waals surface area contributed by atoms with Gasteiger partial charge in [-0.25, -0.2) is 4.68 Å². The molecule has 0 atom stereocenters. The SMILES string of the molecule is Cc1nn(-c2cccc(Cl)c2N)c(C)c1C. The van der Waals surface area contributed by atoms with E-state index in [4.69, 9.17) is 17.3 Å². The number of hydrogen-bond acceptors (Lipinski definition) is 2. The van der Waals surface area contributed by atoms with Crippen LogP contribution < -0.4 is 5.73 Å². The summed E-state index contributed by atoms with van der Waals surface area (Å²) in [4.78, 5) is 0. The van der Waals surface area contributed by atoms with Crippen molar-refractivity contribution < 1.29 is 0 Å². The zero-order chi connectivity index (χ0) is 11.9. The summed E-state index contributed by atoms with van der Waals surface area (Å²) in [6, 6.07) is 5.57. The first-order chi connectivity index (χ1) is 7.52. The number of aryl methyl sites for hydroxylation is 1. The highest BCUT2D eigenvalue weighted by atomic mass is 35.5. The lowest BCUT2D eigenvalue weighted by molar-refractivity contribution is 0.835. The molecule has 1 heterocycles. The number of rotatable bonds is 1. The van der Waals surface area contributed by atoms with Crippen molar-refractivity contribution in [3.63, 3.8) is 0 Å². The number of halogens is 1.